The maximum absolute atomic E-state index is 5.61. The lowest BCUT2D eigenvalue weighted by Crippen LogP contribution is -1.99. The second-order valence-corrected chi connectivity index (χ2v) is 5.44. The van der Waals surface area contributed by atoms with Gasteiger partial charge in [0.1, 0.15) is 5.52 Å². The quantitative estimate of drug-likeness (QED) is 0.749. The third-order valence-electron chi connectivity index (χ3n) is 3.18. The molecule has 0 amide bonds. The number of hydrogen-bond donors (Lipinski definition) is 1. The number of rotatable bonds is 4. The van der Waals surface area contributed by atoms with Gasteiger partial charge in [-0.2, -0.15) is 0 Å². The van der Waals surface area contributed by atoms with Gasteiger partial charge in [0.2, 0.25) is 0 Å². The fourth-order valence-electron chi connectivity index (χ4n) is 2.08. The van der Waals surface area contributed by atoms with Crippen LogP contribution in [-0.4, -0.2) is 4.98 Å². The van der Waals surface area contributed by atoms with E-state index in [0.29, 0.717) is 0 Å². The summed E-state index contributed by atoms with van der Waals surface area (Å²) in [6.45, 7) is 2.81. The van der Waals surface area contributed by atoms with Crippen molar-refractivity contribution < 1.29 is 4.42 Å². The van der Waals surface area contributed by atoms with Crippen LogP contribution in [0, 0.1) is 0 Å². The van der Waals surface area contributed by atoms with Crippen molar-refractivity contribution >= 4 is 32.7 Å². The molecule has 3 aromatic rings. The van der Waals surface area contributed by atoms with Crippen LogP contribution < -0.4 is 5.32 Å². The highest BCUT2D eigenvalue weighted by Gasteiger charge is 2.05. The Morgan fingerprint density at radius 3 is 2.85 bits per heavy atom. The van der Waals surface area contributed by atoms with E-state index in [9.17, 15) is 0 Å². The lowest BCUT2D eigenvalue weighted by atomic mass is 10.2. The van der Waals surface area contributed by atoms with E-state index in [1.807, 2.05) is 43.3 Å². The molecule has 0 aliphatic rings. The fourth-order valence-corrected chi connectivity index (χ4v) is 2.50. The zero-order chi connectivity index (χ0) is 13.9. The van der Waals surface area contributed by atoms with Crippen molar-refractivity contribution in [2.24, 2.45) is 0 Å². The highest BCUT2D eigenvalue weighted by Crippen LogP contribution is 2.22. The Balaban J connectivity index is 1.79. The van der Waals surface area contributed by atoms with E-state index in [1.165, 1.54) is 5.56 Å². The van der Waals surface area contributed by atoms with Crippen LogP contribution in [0.15, 0.2) is 51.4 Å². The molecule has 0 atom stereocenters. The molecule has 3 nitrogen and oxygen atoms in total. The summed E-state index contributed by atoms with van der Waals surface area (Å²) in [7, 11) is 0. The number of oxazole rings is 1. The lowest BCUT2D eigenvalue weighted by molar-refractivity contribution is 0.538. The second kappa shape index (κ2) is 5.67. The van der Waals surface area contributed by atoms with Crippen molar-refractivity contribution in [3.05, 3.63) is 58.4 Å². The second-order valence-electron chi connectivity index (χ2n) is 4.59. The zero-order valence-corrected chi connectivity index (χ0v) is 12.8. The van der Waals surface area contributed by atoms with Gasteiger partial charge in [0.15, 0.2) is 11.5 Å². The summed E-state index contributed by atoms with van der Waals surface area (Å²) in [5, 5.41) is 3.41. The van der Waals surface area contributed by atoms with Crippen LogP contribution in [-0.2, 0) is 13.0 Å². The third-order valence-corrected chi connectivity index (χ3v) is 3.95. The number of aromatic nitrogens is 1. The number of benzene rings is 2. The fraction of sp³-hybridized carbons (Fsp3) is 0.188. The molecule has 0 aliphatic heterocycles. The first kappa shape index (κ1) is 13.2. The van der Waals surface area contributed by atoms with Gasteiger partial charge in [-0.25, -0.2) is 4.98 Å². The van der Waals surface area contributed by atoms with Crippen molar-refractivity contribution in [1.29, 1.82) is 0 Å². The van der Waals surface area contributed by atoms with E-state index in [4.69, 9.17) is 4.42 Å². The first-order valence-corrected chi connectivity index (χ1v) is 7.42. The summed E-state index contributed by atoms with van der Waals surface area (Å²) < 4.78 is 6.72. The molecule has 1 heterocycles. The molecule has 2 aromatic carbocycles. The molecule has 0 aliphatic carbocycles. The number of aryl methyl sites for hydroxylation is 1. The van der Waals surface area contributed by atoms with E-state index in [2.05, 4.69) is 32.3 Å². The Morgan fingerprint density at radius 2 is 2.05 bits per heavy atom. The van der Waals surface area contributed by atoms with Gasteiger partial charge in [-0.15, -0.1) is 0 Å². The van der Waals surface area contributed by atoms with Crippen LogP contribution in [0.3, 0.4) is 0 Å². The smallest absolute Gasteiger partial charge is 0.195 e. The van der Waals surface area contributed by atoms with E-state index in [0.717, 1.165) is 40.1 Å². The van der Waals surface area contributed by atoms with Crippen LogP contribution >= 0.6 is 15.9 Å². The number of anilines is 1. The minimum absolute atomic E-state index is 0.769. The number of nitrogens with one attached hydrogen (secondary N) is 1. The van der Waals surface area contributed by atoms with Gasteiger partial charge in [0.05, 0.1) is 0 Å². The molecular weight excluding hydrogens is 316 g/mol. The molecule has 1 N–H and O–H groups in total. The largest absolute Gasteiger partial charge is 0.441 e. The molecule has 102 valence electrons. The summed E-state index contributed by atoms with van der Waals surface area (Å²) in [5.41, 5.74) is 4.01. The maximum Gasteiger partial charge on any atom is 0.195 e. The minimum atomic E-state index is 0.769. The standard InChI is InChI=1S/C16H15BrN2O/c1-2-16-19-14-9-12(7-8-15(14)20-16)18-10-11-5-3-4-6-13(11)17/h3-9,18H,2,10H2,1H3. The Bertz CT molecular complexity index is 736. The average molecular weight is 331 g/mol. The normalized spacial score (nSPS) is 10.9. The molecule has 0 unspecified atom stereocenters. The van der Waals surface area contributed by atoms with Gasteiger partial charge in [0, 0.05) is 23.1 Å². The first-order chi connectivity index (χ1) is 9.76. The highest BCUT2D eigenvalue weighted by molar-refractivity contribution is 9.10. The molecule has 0 fully saturated rings. The summed E-state index contributed by atoms with van der Waals surface area (Å²) in [6, 6.07) is 14.2. The SMILES string of the molecule is CCc1nc2cc(NCc3ccccc3Br)ccc2o1. The summed E-state index contributed by atoms with van der Waals surface area (Å²) in [4.78, 5) is 4.45. The maximum atomic E-state index is 5.61. The van der Waals surface area contributed by atoms with Crippen LogP contribution in [0.5, 0.6) is 0 Å². The van der Waals surface area contributed by atoms with Gasteiger partial charge in [0.25, 0.3) is 0 Å². The van der Waals surface area contributed by atoms with Crippen LogP contribution in [0.25, 0.3) is 11.1 Å². The number of hydrogen-bond acceptors (Lipinski definition) is 3. The van der Waals surface area contributed by atoms with E-state index >= 15 is 0 Å². The number of nitrogens with zero attached hydrogens (tertiary/aromatic N) is 1. The third kappa shape index (κ3) is 2.70. The highest BCUT2D eigenvalue weighted by atomic mass is 79.9. The Morgan fingerprint density at radius 1 is 1.20 bits per heavy atom. The Labute approximate surface area is 126 Å². The average Bonchev–Trinajstić information content (AvgIpc) is 2.88. The summed E-state index contributed by atoms with van der Waals surface area (Å²) in [6.07, 6.45) is 0.814. The van der Waals surface area contributed by atoms with Gasteiger partial charge >= 0.3 is 0 Å². The van der Waals surface area contributed by atoms with Crippen molar-refractivity contribution in [3.8, 4) is 0 Å². The van der Waals surface area contributed by atoms with Gasteiger partial charge in [-0.1, -0.05) is 41.1 Å². The topological polar surface area (TPSA) is 38.1 Å². The molecular formula is C16H15BrN2O. The van der Waals surface area contributed by atoms with Gasteiger partial charge < -0.3 is 9.73 Å². The van der Waals surface area contributed by atoms with Crippen LogP contribution in [0.2, 0.25) is 0 Å². The van der Waals surface area contributed by atoms with Crippen molar-refractivity contribution in [2.75, 3.05) is 5.32 Å². The predicted molar refractivity (Wildman–Crippen MR) is 84.9 cm³/mol. The predicted octanol–water partition coefficient (Wildman–Crippen LogP) is 4.76. The van der Waals surface area contributed by atoms with Crippen LogP contribution in [0.4, 0.5) is 5.69 Å². The molecule has 4 heteroatoms. The number of fused-ring (bicyclic) bond motifs is 1. The Hall–Kier alpha value is -1.81. The zero-order valence-electron chi connectivity index (χ0n) is 11.2. The summed E-state index contributed by atoms with van der Waals surface area (Å²) >= 11 is 3.55. The van der Waals surface area contributed by atoms with Crippen molar-refractivity contribution in [3.63, 3.8) is 0 Å². The molecule has 0 spiro atoms. The van der Waals surface area contributed by atoms with Crippen LogP contribution in [0.1, 0.15) is 18.4 Å². The molecule has 1 aromatic heterocycles. The molecule has 0 radical (unpaired) electrons. The molecule has 20 heavy (non-hydrogen) atoms. The first-order valence-electron chi connectivity index (χ1n) is 6.63. The van der Waals surface area contributed by atoms with E-state index in [-0.39, 0.29) is 0 Å². The summed E-state index contributed by atoms with van der Waals surface area (Å²) in [5.74, 6) is 0.781. The van der Waals surface area contributed by atoms with Gasteiger partial charge in [-0.05, 0) is 29.8 Å². The van der Waals surface area contributed by atoms with Crippen molar-refractivity contribution in [1.82, 2.24) is 4.98 Å². The molecule has 3 rings (SSSR count). The van der Waals surface area contributed by atoms with E-state index < -0.39 is 0 Å². The van der Waals surface area contributed by atoms with E-state index in [1.54, 1.807) is 0 Å². The molecule has 0 bridgehead atoms. The molecule has 0 saturated carbocycles. The lowest BCUT2D eigenvalue weighted by Gasteiger charge is -2.07. The van der Waals surface area contributed by atoms with Gasteiger partial charge in [-0.3, -0.25) is 0 Å². The Kier molecular flexibility index (Phi) is 3.74. The number of halogens is 1. The monoisotopic (exact) mass is 330 g/mol. The van der Waals surface area contributed by atoms with Crippen molar-refractivity contribution in [2.45, 2.75) is 19.9 Å². The molecule has 0 saturated heterocycles. The minimum Gasteiger partial charge on any atom is -0.441 e.